The maximum atomic E-state index is 12.7. The normalized spacial score (nSPS) is 16.0. The van der Waals surface area contributed by atoms with Gasteiger partial charge in [0.25, 0.3) is 5.91 Å². The quantitative estimate of drug-likeness (QED) is 0.612. The van der Waals surface area contributed by atoms with Crippen LogP contribution in [-0.2, 0) is 11.3 Å². The summed E-state index contributed by atoms with van der Waals surface area (Å²) in [4.78, 5) is 27.0. The van der Waals surface area contributed by atoms with Gasteiger partial charge in [-0.15, -0.1) is 11.8 Å². The molecule has 0 aromatic heterocycles. The van der Waals surface area contributed by atoms with Crippen molar-refractivity contribution in [3.05, 3.63) is 101 Å². The van der Waals surface area contributed by atoms with E-state index in [0.717, 1.165) is 22.4 Å². The Balaban J connectivity index is 1.48. The van der Waals surface area contributed by atoms with Crippen molar-refractivity contribution in [3.63, 3.8) is 0 Å². The van der Waals surface area contributed by atoms with E-state index in [1.54, 1.807) is 11.8 Å². The van der Waals surface area contributed by atoms with Crippen LogP contribution in [-0.4, -0.2) is 22.5 Å². The van der Waals surface area contributed by atoms with Gasteiger partial charge in [-0.1, -0.05) is 60.2 Å². The lowest BCUT2D eigenvalue weighted by Gasteiger charge is -2.24. The molecule has 0 radical (unpaired) electrons. The number of hydrogen-bond donors (Lipinski definition) is 1. The number of carbonyl (C=O) groups excluding carboxylic acids is 2. The Kier molecular flexibility index (Phi) is 5.91. The zero-order chi connectivity index (χ0) is 21.1. The molecule has 30 heavy (non-hydrogen) atoms. The van der Waals surface area contributed by atoms with Crippen LogP contribution in [0.15, 0.2) is 72.8 Å². The van der Waals surface area contributed by atoms with Crippen molar-refractivity contribution in [2.24, 2.45) is 0 Å². The van der Waals surface area contributed by atoms with Crippen LogP contribution in [0.5, 0.6) is 0 Å². The van der Waals surface area contributed by atoms with Crippen LogP contribution < -0.4 is 5.32 Å². The van der Waals surface area contributed by atoms with E-state index >= 15 is 0 Å². The highest BCUT2D eigenvalue weighted by molar-refractivity contribution is 8.00. The predicted molar refractivity (Wildman–Crippen MR) is 123 cm³/mol. The summed E-state index contributed by atoms with van der Waals surface area (Å²) in [5.41, 5.74) is 5.77. The number of carbonyl (C=O) groups is 2. The van der Waals surface area contributed by atoms with Crippen LogP contribution in [0, 0.1) is 13.8 Å². The molecule has 3 aromatic carbocycles. The maximum Gasteiger partial charge on any atom is 0.255 e. The van der Waals surface area contributed by atoms with E-state index in [-0.39, 0.29) is 17.2 Å². The van der Waals surface area contributed by atoms with Crippen molar-refractivity contribution in [2.75, 3.05) is 11.1 Å². The number of aryl methyl sites for hydroxylation is 2. The Hall–Kier alpha value is -3.05. The highest BCUT2D eigenvalue weighted by Gasteiger charge is 2.32. The second kappa shape index (κ2) is 8.76. The van der Waals surface area contributed by atoms with E-state index in [4.69, 9.17) is 0 Å². The lowest BCUT2D eigenvalue weighted by Crippen LogP contribution is -2.27. The third-order valence-electron chi connectivity index (χ3n) is 5.25. The molecule has 1 saturated heterocycles. The number of anilines is 1. The summed E-state index contributed by atoms with van der Waals surface area (Å²) < 4.78 is 0. The Morgan fingerprint density at radius 2 is 1.77 bits per heavy atom. The van der Waals surface area contributed by atoms with Crippen LogP contribution in [0.4, 0.5) is 5.69 Å². The zero-order valence-electron chi connectivity index (χ0n) is 17.1. The summed E-state index contributed by atoms with van der Waals surface area (Å²) in [6.07, 6.45) is 0. The lowest BCUT2D eigenvalue weighted by molar-refractivity contribution is -0.128. The smallest absolute Gasteiger partial charge is 0.255 e. The molecule has 5 heteroatoms. The van der Waals surface area contributed by atoms with Crippen LogP contribution in [0.25, 0.3) is 0 Å². The molecule has 0 bridgehead atoms. The van der Waals surface area contributed by atoms with E-state index in [9.17, 15) is 9.59 Å². The van der Waals surface area contributed by atoms with Gasteiger partial charge in [-0.05, 0) is 48.7 Å². The van der Waals surface area contributed by atoms with Crippen molar-refractivity contribution < 1.29 is 9.59 Å². The molecule has 1 unspecified atom stereocenters. The molecule has 3 aromatic rings. The molecule has 1 heterocycles. The highest BCUT2D eigenvalue weighted by Crippen LogP contribution is 2.39. The Morgan fingerprint density at radius 1 is 1.03 bits per heavy atom. The molecule has 1 atom stereocenters. The summed E-state index contributed by atoms with van der Waals surface area (Å²) in [6, 6.07) is 23.6. The summed E-state index contributed by atoms with van der Waals surface area (Å²) in [7, 11) is 0. The third kappa shape index (κ3) is 4.41. The van der Waals surface area contributed by atoms with Gasteiger partial charge in [0.2, 0.25) is 5.91 Å². The third-order valence-corrected chi connectivity index (χ3v) is 6.51. The van der Waals surface area contributed by atoms with E-state index in [2.05, 4.69) is 5.32 Å². The van der Waals surface area contributed by atoms with Crippen molar-refractivity contribution in [3.8, 4) is 0 Å². The molecular weight excluding hydrogens is 392 g/mol. The van der Waals surface area contributed by atoms with Crippen molar-refractivity contribution >= 4 is 29.3 Å². The molecule has 1 N–H and O–H groups in total. The van der Waals surface area contributed by atoms with E-state index in [1.165, 1.54) is 5.56 Å². The molecule has 1 aliphatic rings. The fourth-order valence-corrected chi connectivity index (χ4v) is 4.82. The fraction of sp³-hybridized carbons (Fsp3) is 0.200. The van der Waals surface area contributed by atoms with Gasteiger partial charge in [0.1, 0.15) is 5.37 Å². The van der Waals surface area contributed by atoms with Gasteiger partial charge in [0.15, 0.2) is 0 Å². The minimum Gasteiger partial charge on any atom is -0.322 e. The summed E-state index contributed by atoms with van der Waals surface area (Å²) in [5.74, 6) is 0.488. The molecule has 2 amide bonds. The Bertz CT molecular complexity index is 1060. The van der Waals surface area contributed by atoms with Crippen LogP contribution in [0.2, 0.25) is 0 Å². The monoisotopic (exact) mass is 416 g/mol. The van der Waals surface area contributed by atoms with Gasteiger partial charge in [0.05, 0.1) is 5.75 Å². The summed E-state index contributed by atoms with van der Waals surface area (Å²) in [6.45, 7) is 4.61. The lowest BCUT2D eigenvalue weighted by atomic mass is 10.1. The number of thioether (sulfide) groups is 1. The van der Waals surface area contributed by atoms with Gasteiger partial charge in [-0.25, -0.2) is 0 Å². The highest BCUT2D eigenvalue weighted by atomic mass is 32.2. The molecule has 4 rings (SSSR count). The Morgan fingerprint density at radius 3 is 2.47 bits per heavy atom. The number of nitrogens with zero attached hydrogens (tertiary/aromatic N) is 1. The van der Waals surface area contributed by atoms with Crippen LogP contribution in [0.1, 0.15) is 38.0 Å². The van der Waals surface area contributed by atoms with Gasteiger partial charge in [0, 0.05) is 17.8 Å². The van der Waals surface area contributed by atoms with Gasteiger partial charge >= 0.3 is 0 Å². The van der Waals surface area contributed by atoms with Crippen LogP contribution >= 0.6 is 11.8 Å². The molecule has 1 aliphatic heterocycles. The van der Waals surface area contributed by atoms with Crippen molar-refractivity contribution in [1.82, 2.24) is 4.90 Å². The first kappa shape index (κ1) is 20.2. The van der Waals surface area contributed by atoms with Crippen LogP contribution in [0.3, 0.4) is 0 Å². The SMILES string of the molecule is Cc1ccc(NC(=O)c2ccc(C3SCC(=O)N3Cc3ccccc3)cc2)c(C)c1. The molecule has 0 aliphatic carbocycles. The number of nitrogens with one attached hydrogen (secondary N) is 1. The van der Waals surface area contributed by atoms with Crippen molar-refractivity contribution in [2.45, 2.75) is 25.8 Å². The predicted octanol–water partition coefficient (Wildman–Crippen LogP) is 5.33. The summed E-state index contributed by atoms with van der Waals surface area (Å²) in [5, 5.41) is 2.95. The molecule has 0 spiro atoms. The molecule has 0 saturated carbocycles. The number of rotatable bonds is 5. The van der Waals surface area contributed by atoms with Gasteiger partial charge in [-0.2, -0.15) is 0 Å². The van der Waals surface area contributed by atoms with E-state index in [0.29, 0.717) is 17.9 Å². The average molecular weight is 417 g/mol. The first-order valence-electron chi connectivity index (χ1n) is 9.95. The summed E-state index contributed by atoms with van der Waals surface area (Å²) >= 11 is 1.63. The molecule has 152 valence electrons. The second-order valence-corrected chi connectivity index (χ2v) is 8.63. The standard InChI is InChI=1S/C25H24N2O2S/c1-17-8-13-22(18(2)14-17)26-24(29)20-9-11-21(12-10-20)25-27(23(28)16-30-25)15-19-6-4-3-5-7-19/h3-14,25H,15-16H2,1-2H3,(H,26,29). The van der Waals surface area contributed by atoms with Crippen molar-refractivity contribution in [1.29, 1.82) is 0 Å². The Labute approximate surface area is 181 Å². The number of hydrogen-bond acceptors (Lipinski definition) is 3. The van der Waals surface area contributed by atoms with Gasteiger partial charge < -0.3 is 10.2 Å². The largest absolute Gasteiger partial charge is 0.322 e. The van der Waals surface area contributed by atoms with E-state index < -0.39 is 0 Å². The topological polar surface area (TPSA) is 49.4 Å². The first-order chi connectivity index (χ1) is 14.5. The minimum atomic E-state index is -0.134. The number of amides is 2. The molecular formula is C25H24N2O2S. The number of benzene rings is 3. The molecule has 4 nitrogen and oxygen atoms in total. The van der Waals surface area contributed by atoms with E-state index in [1.807, 2.05) is 91.5 Å². The first-order valence-corrected chi connectivity index (χ1v) is 11.0. The maximum absolute atomic E-state index is 12.7. The zero-order valence-corrected chi connectivity index (χ0v) is 17.9. The van der Waals surface area contributed by atoms with Gasteiger partial charge in [-0.3, -0.25) is 9.59 Å². The fourth-order valence-electron chi connectivity index (χ4n) is 3.63. The minimum absolute atomic E-state index is 0.0332. The second-order valence-electron chi connectivity index (χ2n) is 7.57. The average Bonchev–Trinajstić information content (AvgIpc) is 3.11. The molecule has 1 fully saturated rings.